The van der Waals surface area contributed by atoms with Crippen LogP contribution in [0, 0.1) is 5.92 Å². The zero-order chi connectivity index (χ0) is 15.3. The van der Waals surface area contributed by atoms with E-state index in [9.17, 15) is 8.42 Å². The van der Waals surface area contributed by atoms with Crippen molar-refractivity contribution in [1.82, 2.24) is 13.9 Å². The van der Waals surface area contributed by atoms with E-state index < -0.39 is 10.2 Å². The fourth-order valence-corrected chi connectivity index (χ4v) is 4.27. The predicted octanol–water partition coefficient (Wildman–Crippen LogP) is 1.37. The Morgan fingerprint density at radius 3 is 2.14 bits per heavy atom. The largest absolute Gasteiger partial charge is 0.314 e. The maximum Gasteiger partial charge on any atom is 0.282 e. The second kappa shape index (κ2) is 7.54. The van der Waals surface area contributed by atoms with Crippen molar-refractivity contribution in [2.75, 3.05) is 32.7 Å². The van der Waals surface area contributed by atoms with Gasteiger partial charge in [-0.3, -0.25) is 0 Å². The number of hydrogen-bond acceptors (Lipinski definition) is 3. The number of nitrogens with zero attached hydrogens (tertiary/aromatic N) is 2. The van der Waals surface area contributed by atoms with Gasteiger partial charge in [0.25, 0.3) is 10.2 Å². The van der Waals surface area contributed by atoms with Crippen LogP contribution < -0.4 is 5.32 Å². The highest BCUT2D eigenvalue weighted by molar-refractivity contribution is 7.86. The Labute approximate surface area is 128 Å². The minimum Gasteiger partial charge on any atom is -0.314 e. The SMILES string of the molecule is C=CCN(CC=C)S(=O)(=O)N1CCC(CNC2CC2)CC1. The van der Waals surface area contributed by atoms with Crippen molar-refractivity contribution in [3.05, 3.63) is 25.3 Å². The summed E-state index contributed by atoms with van der Waals surface area (Å²) in [5, 5.41) is 3.54. The molecule has 1 saturated carbocycles. The summed E-state index contributed by atoms with van der Waals surface area (Å²) in [4.78, 5) is 0. The number of hydrogen-bond donors (Lipinski definition) is 1. The molecule has 0 amide bonds. The van der Waals surface area contributed by atoms with Crippen LogP contribution in [0.5, 0.6) is 0 Å². The molecule has 1 aliphatic heterocycles. The third kappa shape index (κ3) is 4.64. The first-order valence-electron chi connectivity index (χ1n) is 7.78. The topological polar surface area (TPSA) is 52.7 Å². The van der Waals surface area contributed by atoms with Crippen LogP contribution in [0.15, 0.2) is 25.3 Å². The normalized spacial score (nSPS) is 21.6. The van der Waals surface area contributed by atoms with Crippen LogP contribution in [0.25, 0.3) is 0 Å². The molecule has 6 heteroatoms. The van der Waals surface area contributed by atoms with Gasteiger partial charge in [0.1, 0.15) is 0 Å². The van der Waals surface area contributed by atoms with Crippen LogP contribution in [-0.4, -0.2) is 55.8 Å². The molecule has 0 bridgehead atoms. The summed E-state index contributed by atoms with van der Waals surface area (Å²) in [6, 6.07) is 0.724. The highest BCUT2D eigenvalue weighted by Crippen LogP contribution is 2.23. The summed E-state index contributed by atoms with van der Waals surface area (Å²) in [6.07, 6.45) is 7.71. The molecular weight excluding hydrogens is 286 g/mol. The zero-order valence-electron chi connectivity index (χ0n) is 12.7. The molecule has 0 atom stereocenters. The Kier molecular flexibility index (Phi) is 5.98. The monoisotopic (exact) mass is 313 g/mol. The molecule has 2 rings (SSSR count). The third-order valence-electron chi connectivity index (χ3n) is 4.16. The molecule has 1 heterocycles. The number of rotatable bonds is 9. The summed E-state index contributed by atoms with van der Waals surface area (Å²) in [7, 11) is -3.39. The van der Waals surface area contributed by atoms with E-state index in [-0.39, 0.29) is 0 Å². The minimum atomic E-state index is -3.39. The molecule has 0 aromatic rings. The molecule has 120 valence electrons. The fraction of sp³-hybridized carbons (Fsp3) is 0.733. The second-order valence-corrected chi connectivity index (χ2v) is 7.86. The Hall–Kier alpha value is -0.690. The molecule has 2 aliphatic rings. The molecule has 0 radical (unpaired) electrons. The summed E-state index contributed by atoms with van der Waals surface area (Å²) < 4.78 is 28.2. The van der Waals surface area contributed by atoms with Crippen molar-refractivity contribution in [1.29, 1.82) is 0 Å². The molecule has 1 saturated heterocycles. The van der Waals surface area contributed by atoms with Gasteiger partial charge in [0.15, 0.2) is 0 Å². The van der Waals surface area contributed by atoms with Crippen molar-refractivity contribution in [2.45, 2.75) is 31.7 Å². The summed E-state index contributed by atoms with van der Waals surface area (Å²) >= 11 is 0. The molecule has 1 N–H and O–H groups in total. The molecule has 0 aromatic heterocycles. The van der Waals surface area contributed by atoms with E-state index >= 15 is 0 Å². The average Bonchev–Trinajstić information content (AvgIpc) is 3.29. The van der Waals surface area contributed by atoms with Crippen LogP contribution in [0.3, 0.4) is 0 Å². The number of nitrogens with one attached hydrogen (secondary N) is 1. The molecular formula is C15H27N3O2S. The molecule has 5 nitrogen and oxygen atoms in total. The molecule has 2 fully saturated rings. The van der Waals surface area contributed by atoms with E-state index in [1.54, 1.807) is 16.5 Å². The summed E-state index contributed by atoms with van der Waals surface area (Å²) in [5.41, 5.74) is 0. The van der Waals surface area contributed by atoms with Crippen molar-refractivity contribution in [3.8, 4) is 0 Å². The third-order valence-corrected chi connectivity index (χ3v) is 6.13. The van der Waals surface area contributed by atoms with Gasteiger partial charge < -0.3 is 5.32 Å². The van der Waals surface area contributed by atoms with Gasteiger partial charge in [-0.2, -0.15) is 17.0 Å². The van der Waals surface area contributed by atoms with Gasteiger partial charge in [-0.05, 0) is 38.1 Å². The minimum absolute atomic E-state index is 0.331. The quantitative estimate of drug-likeness (QED) is 0.654. The Morgan fingerprint density at radius 2 is 1.67 bits per heavy atom. The van der Waals surface area contributed by atoms with E-state index in [2.05, 4.69) is 18.5 Å². The van der Waals surface area contributed by atoms with Crippen molar-refractivity contribution in [3.63, 3.8) is 0 Å². The van der Waals surface area contributed by atoms with E-state index in [4.69, 9.17) is 0 Å². The van der Waals surface area contributed by atoms with E-state index in [1.807, 2.05) is 0 Å². The maximum absolute atomic E-state index is 12.6. The molecule has 0 spiro atoms. The fourth-order valence-electron chi connectivity index (χ4n) is 2.68. The van der Waals surface area contributed by atoms with Gasteiger partial charge in [-0.15, -0.1) is 13.2 Å². The highest BCUT2D eigenvalue weighted by atomic mass is 32.2. The van der Waals surface area contributed by atoms with Gasteiger partial charge in [-0.25, -0.2) is 0 Å². The molecule has 0 aromatic carbocycles. The molecule has 1 aliphatic carbocycles. The highest BCUT2D eigenvalue weighted by Gasteiger charge is 2.32. The second-order valence-electron chi connectivity index (χ2n) is 5.93. The number of piperidine rings is 1. The van der Waals surface area contributed by atoms with Gasteiger partial charge >= 0.3 is 0 Å². The standard InChI is InChI=1S/C15H27N3O2S/c1-3-9-17(10-4-2)21(19,20)18-11-7-14(8-12-18)13-16-15-5-6-15/h3-4,14-16H,1-2,5-13H2. The lowest BCUT2D eigenvalue weighted by molar-refractivity contribution is 0.253. The maximum atomic E-state index is 12.6. The Balaban J connectivity index is 1.85. The Morgan fingerprint density at radius 1 is 1.10 bits per heavy atom. The summed E-state index contributed by atoms with van der Waals surface area (Å²) in [5.74, 6) is 0.601. The van der Waals surface area contributed by atoms with E-state index in [0.717, 1.165) is 25.4 Å². The first-order chi connectivity index (χ1) is 10.1. The van der Waals surface area contributed by atoms with Gasteiger partial charge in [0.05, 0.1) is 0 Å². The first-order valence-corrected chi connectivity index (χ1v) is 9.18. The van der Waals surface area contributed by atoms with Crippen LogP contribution >= 0.6 is 0 Å². The van der Waals surface area contributed by atoms with Crippen LogP contribution in [0.4, 0.5) is 0 Å². The van der Waals surface area contributed by atoms with E-state index in [1.165, 1.54) is 17.1 Å². The lowest BCUT2D eigenvalue weighted by atomic mass is 9.98. The van der Waals surface area contributed by atoms with Crippen LogP contribution in [0.1, 0.15) is 25.7 Å². The smallest absolute Gasteiger partial charge is 0.282 e. The predicted molar refractivity (Wildman–Crippen MR) is 86.2 cm³/mol. The van der Waals surface area contributed by atoms with Crippen molar-refractivity contribution in [2.24, 2.45) is 5.92 Å². The van der Waals surface area contributed by atoms with Crippen molar-refractivity contribution < 1.29 is 8.42 Å². The van der Waals surface area contributed by atoms with E-state index in [0.29, 0.717) is 32.1 Å². The molecule has 0 unspecified atom stereocenters. The van der Waals surface area contributed by atoms with Gasteiger partial charge in [0, 0.05) is 32.2 Å². The molecule has 21 heavy (non-hydrogen) atoms. The average molecular weight is 313 g/mol. The first kappa shape index (κ1) is 16.7. The lowest BCUT2D eigenvalue weighted by Gasteiger charge is -2.34. The van der Waals surface area contributed by atoms with Crippen LogP contribution in [-0.2, 0) is 10.2 Å². The summed E-state index contributed by atoms with van der Waals surface area (Å²) in [6.45, 7) is 10.2. The van der Waals surface area contributed by atoms with Gasteiger partial charge in [0.2, 0.25) is 0 Å². The lowest BCUT2D eigenvalue weighted by Crippen LogP contribution is -2.48. The van der Waals surface area contributed by atoms with Crippen molar-refractivity contribution >= 4 is 10.2 Å². The zero-order valence-corrected chi connectivity index (χ0v) is 13.5. The van der Waals surface area contributed by atoms with Crippen LogP contribution in [0.2, 0.25) is 0 Å². The Bertz CT molecular complexity index is 442. The van der Waals surface area contributed by atoms with Gasteiger partial charge in [-0.1, -0.05) is 12.2 Å².